The molecule has 3 aromatic rings. The predicted octanol–water partition coefficient (Wildman–Crippen LogP) is 4.25. The first-order chi connectivity index (χ1) is 11.1. The van der Waals surface area contributed by atoms with E-state index in [-0.39, 0.29) is 11.5 Å². The molecule has 4 nitrogen and oxygen atoms in total. The number of fused-ring (bicyclic) bond motifs is 1. The number of nitrogens with zero attached hydrogens (tertiary/aromatic N) is 2. The normalized spacial score (nSPS) is 12.2. The van der Waals surface area contributed by atoms with Gasteiger partial charge in [-0.05, 0) is 48.4 Å². The van der Waals surface area contributed by atoms with Gasteiger partial charge < -0.3 is 4.98 Å². The van der Waals surface area contributed by atoms with Crippen molar-refractivity contribution in [3.8, 4) is 6.07 Å². The van der Waals surface area contributed by atoms with Gasteiger partial charge in [0, 0.05) is 16.1 Å². The topological polar surface area (TPSA) is 69.5 Å². The SMILES string of the molecule is C[C@H](CCc1ncc(C#N)s1)c1cc2cc(Cl)ccc2[nH]c1=O. The van der Waals surface area contributed by atoms with E-state index in [9.17, 15) is 4.79 Å². The Kier molecular flexibility index (Phi) is 4.46. The van der Waals surface area contributed by atoms with Gasteiger partial charge in [0.1, 0.15) is 10.9 Å². The van der Waals surface area contributed by atoms with E-state index in [4.69, 9.17) is 16.9 Å². The summed E-state index contributed by atoms with van der Waals surface area (Å²) in [6.07, 6.45) is 3.14. The van der Waals surface area contributed by atoms with E-state index in [1.54, 1.807) is 12.3 Å². The third-order valence-corrected chi connectivity index (χ3v) is 5.02. The third kappa shape index (κ3) is 3.44. The number of pyridine rings is 1. The van der Waals surface area contributed by atoms with Crippen LogP contribution in [0.1, 0.15) is 34.7 Å². The summed E-state index contributed by atoms with van der Waals surface area (Å²) >= 11 is 7.43. The van der Waals surface area contributed by atoms with Crippen LogP contribution in [0.3, 0.4) is 0 Å². The summed E-state index contributed by atoms with van der Waals surface area (Å²) in [6.45, 7) is 2.03. The van der Waals surface area contributed by atoms with Crippen molar-refractivity contribution in [2.45, 2.75) is 25.7 Å². The Hall–Kier alpha value is -2.16. The molecule has 23 heavy (non-hydrogen) atoms. The summed E-state index contributed by atoms with van der Waals surface area (Å²) in [5.74, 6) is 0.0940. The van der Waals surface area contributed by atoms with Gasteiger partial charge in [-0.3, -0.25) is 4.79 Å². The van der Waals surface area contributed by atoms with Crippen LogP contribution >= 0.6 is 22.9 Å². The lowest BCUT2D eigenvalue weighted by Gasteiger charge is -2.11. The number of nitriles is 1. The minimum atomic E-state index is -0.0656. The predicted molar refractivity (Wildman–Crippen MR) is 93.1 cm³/mol. The zero-order valence-corrected chi connectivity index (χ0v) is 14.0. The number of benzene rings is 1. The molecule has 6 heteroatoms. The van der Waals surface area contributed by atoms with Crippen molar-refractivity contribution < 1.29 is 0 Å². The first kappa shape index (κ1) is 15.7. The van der Waals surface area contributed by atoms with E-state index in [2.05, 4.69) is 16.0 Å². The largest absolute Gasteiger partial charge is 0.322 e. The molecule has 0 aliphatic heterocycles. The summed E-state index contributed by atoms with van der Waals surface area (Å²) in [5.41, 5.74) is 1.47. The standard InChI is InChI=1S/C17H14ClN3OS/c1-10(2-5-16-20-9-13(8-19)23-16)14-7-11-6-12(18)3-4-15(11)21-17(14)22/h3-4,6-7,9-10H,2,5H2,1H3,(H,21,22)/t10-/m1/s1. The molecule has 3 rings (SSSR count). The van der Waals surface area contributed by atoms with Crippen LogP contribution in [0.25, 0.3) is 10.9 Å². The molecule has 0 unspecified atom stereocenters. The van der Waals surface area contributed by atoms with Crippen molar-refractivity contribution in [2.24, 2.45) is 0 Å². The highest BCUT2D eigenvalue weighted by molar-refractivity contribution is 7.12. The van der Waals surface area contributed by atoms with Crippen LogP contribution in [-0.4, -0.2) is 9.97 Å². The smallest absolute Gasteiger partial charge is 0.251 e. The van der Waals surface area contributed by atoms with Gasteiger partial charge in [0.25, 0.3) is 5.56 Å². The Morgan fingerprint density at radius 3 is 3.00 bits per heavy atom. The zero-order chi connectivity index (χ0) is 16.4. The maximum atomic E-state index is 12.3. The van der Waals surface area contributed by atoms with Crippen LogP contribution in [0.4, 0.5) is 0 Å². The molecule has 0 bridgehead atoms. The molecule has 1 N–H and O–H groups in total. The minimum Gasteiger partial charge on any atom is -0.322 e. The number of H-pyrrole nitrogens is 1. The molecule has 1 aromatic carbocycles. The lowest BCUT2D eigenvalue weighted by molar-refractivity contribution is 0.671. The molecule has 0 aliphatic carbocycles. The first-order valence-electron chi connectivity index (χ1n) is 7.24. The summed E-state index contributed by atoms with van der Waals surface area (Å²) < 4.78 is 0. The summed E-state index contributed by atoms with van der Waals surface area (Å²) in [5, 5.41) is 11.3. The number of aryl methyl sites for hydroxylation is 1. The van der Waals surface area contributed by atoms with E-state index < -0.39 is 0 Å². The maximum Gasteiger partial charge on any atom is 0.251 e. The van der Waals surface area contributed by atoms with Gasteiger partial charge in [0.05, 0.1) is 11.2 Å². The second kappa shape index (κ2) is 6.53. The van der Waals surface area contributed by atoms with Crippen molar-refractivity contribution in [3.63, 3.8) is 0 Å². The molecule has 116 valence electrons. The fourth-order valence-electron chi connectivity index (χ4n) is 2.53. The molecule has 2 aromatic heterocycles. The number of hydrogen-bond donors (Lipinski definition) is 1. The highest BCUT2D eigenvalue weighted by Crippen LogP contribution is 2.24. The van der Waals surface area contributed by atoms with Crippen molar-refractivity contribution in [1.82, 2.24) is 9.97 Å². The Morgan fingerprint density at radius 1 is 1.43 bits per heavy atom. The van der Waals surface area contributed by atoms with Crippen molar-refractivity contribution in [2.75, 3.05) is 0 Å². The molecule has 0 spiro atoms. The van der Waals surface area contributed by atoms with Gasteiger partial charge in [0.15, 0.2) is 0 Å². The van der Waals surface area contributed by atoms with Gasteiger partial charge >= 0.3 is 0 Å². The third-order valence-electron chi connectivity index (χ3n) is 3.82. The highest BCUT2D eigenvalue weighted by Gasteiger charge is 2.13. The second-order valence-electron chi connectivity index (χ2n) is 5.46. The summed E-state index contributed by atoms with van der Waals surface area (Å²) in [6, 6.07) is 9.42. The molecule has 0 fully saturated rings. The van der Waals surface area contributed by atoms with Gasteiger partial charge in [-0.25, -0.2) is 4.98 Å². The van der Waals surface area contributed by atoms with E-state index in [0.717, 1.165) is 34.3 Å². The quantitative estimate of drug-likeness (QED) is 0.770. The van der Waals surface area contributed by atoms with Crippen LogP contribution < -0.4 is 5.56 Å². The van der Waals surface area contributed by atoms with Crippen LogP contribution in [0.15, 0.2) is 35.3 Å². The molecular formula is C17H14ClN3OS. The van der Waals surface area contributed by atoms with E-state index >= 15 is 0 Å². The molecule has 0 saturated heterocycles. The van der Waals surface area contributed by atoms with Crippen LogP contribution in [0.2, 0.25) is 5.02 Å². The van der Waals surface area contributed by atoms with Gasteiger partial charge in [-0.2, -0.15) is 5.26 Å². The Bertz CT molecular complexity index is 954. The van der Waals surface area contributed by atoms with Crippen molar-refractivity contribution >= 4 is 33.8 Å². The summed E-state index contributed by atoms with van der Waals surface area (Å²) in [4.78, 5) is 20.0. The summed E-state index contributed by atoms with van der Waals surface area (Å²) in [7, 11) is 0. The molecule has 1 atom stereocenters. The average molecular weight is 344 g/mol. The molecule has 0 saturated carbocycles. The van der Waals surface area contributed by atoms with E-state index in [0.29, 0.717) is 9.90 Å². The van der Waals surface area contributed by atoms with Crippen LogP contribution in [0.5, 0.6) is 0 Å². The number of aromatic amines is 1. The van der Waals surface area contributed by atoms with Gasteiger partial charge in [-0.1, -0.05) is 18.5 Å². The number of halogens is 1. The minimum absolute atomic E-state index is 0.0656. The van der Waals surface area contributed by atoms with Crippen molar-refractivity contribution in [1.29, 1.82) is 5.26 Å². The molecule has 0 aliphatic rings. The lowest BCUT2D eigenvalue weighted by Crippen LogP contribution is -2.15. The second-order valence-corrected chi connectivity index (χ2v) is 7.01. The van der Waals surface area contributed by atoms with Gasteiger partial charge in [0.2, 0.25) is 0 Å². The Balaban J connectivity index is 1.82. The number of nitrogens with one attached hydrogen (secondary N) is 1. The van der Waals surface area contributed by atoms with E-state index in [1.165, 1.54) is 11.3 Å². The number of rotatable bonds is 4. The molecular weight excluding hydrogens is 330 g/mol. The van der Waals surface area contributed by atoms with Gasteiger partial charge in [-0.15, -0.1) is 11.3 Å². The first-order valence-corrected chi connectivity index (χ1v) is 8.43. The van der Waals surface area contributed by atoms with E-state index in [1.807, 2.05) is 25.1 Å². The highest BCUT2D eigenvalue weighted by atomic mass is 35.5. The Labute approximate surface area is 142 Å². The van der Waals surface area contributed by atoms with Crippen molar-refractivity contribution in [3.05, 3.63) is 61.3 Å². The molecule has 0 radical (unpaired) electrons. The fraction of sp³-hybridized carbons (Fsp3) is 0.235. The molecule has 0 amide bonds. The van der Waals surface area contributed by atoms with Crippen LogP contribution in [-0.2, 0) is 6.42 Å². The number of aromatic nitrogens is 2. The fourth-order valence-corrected chi connectivity index (χ4v) is 3.44. The van der Waals surface area contributed by atoms with Crippen LogP contribution in [0, 0.1) is 11.3 Å². The lowest BCUT2D eigenvalue weighted by atomic mass is 9.96. The average Bonchev–Trinajstić information content (AvgIpc) is 3.00. The number of hydrogen-bond acceptors (Lipinski definition) is 4. The Morgan fingerprint density at radius 2 is 2.26 bits per heavy atom. The monoisotopic (exact) mass is 343 g/mol. The number of thiazole rings is 1. The maximum absolute atomic E-state index is 12.3. The molecule has 2 heterocycles. The zero-order valence-electron chi connectivity index (χ0n) is 12.5.